The van der Waals surface area contributed by atoms with E-state index in [1.54, 1.807) is 18.7 Å². The highest BCUT2D eigenvalue weighted by Gasteiger charge is 2.27. The Morgan fingerprint density at radius 1 is 1.29 bits per heavy atom. The Kier molecular flexibility index (Phi) is 4.82. The number of esters is 1. The molecule has 1 amide bonds. The molecular weight excluding hydrogens is 274 g/mol. The van der Waals surface area contributed by atoms with Crippen molar-refractivity contribution in [1.29, 1.82) is 0 Å². The number of aryl methyl sites for hydroxylation is 1. The van der Waals surface area contributed by atoms with Crippen LogP contribution >= 0.6 is 0 Å². The largest absolute Gasteiger partial charge is 0.449 e. The molecule has 21 heavy (non-hydrogen) atoms. The van der Waals surface area contributed by atoms with Gasteiger partial charge >= 0.3 is 5.97 Å². The smallest absolute Gasteiger partial charge is 0.346 e. The fourth-order valence-corrected chi connectivity index (χ4v) is 2.45. The minimum absolute atomic E-state index is 0.0884. The summed E-state index contributed by atoms with van der Waals surface area (Å²) in [6.07, 6.45) is 3.40. The molecule has 116 valence electrons. The zero-order valence-corrected chi connectivity index (χ0v) is 12.4. The van der Waals surface area contributed by atoms with Crippen molar-refractivity contribution in [2.24, 2.45) is 0 Å². The summed E-state index contributed by atoms with van der Waals surface area (Å²) >= 11 is 0. The number of amides is 1. The van der Waals surface area contributed by atoms with Gasteiger partial charge < -0.3 is 19.9 Å². The summed E-state index contributed by atoms with van der Waals surface area (Å²) in [4.78, 5) is 26.1. The minimum Gasteiger partial charge on any atom is -0.449 e. The molecule has 2 N–H and O–H groups in total. The average molecular weight is 295 g/mol. The zero-order chi connectivity index (χ0) is 15.4. The van der Waals surface area contributed by atoms with Crippen molar-refractivity contribution in [3.8, 4) is 0 Å². The number of ether oxygens (including phenoxy) is 1. The maximum absolute atomic E-state index is 12.3. The maximum atomic E-state index is 12.3. The van der Waals surface area contributed by atoms with Gasteiger partial charge in [-0.25, -0.2) is 4.79 Å². The minimum atomic E-state index is -0.843. The highest BCUT2D eigenvalue weighted by Crippen LogP contribution is 2.18. The van der Waals surface area contributed by atoms with Crippen LogP contribution in [-0.4, -0.2) is 41.1 Å². The molecule has 0 bridgehead atoms. The van der Waals surface area contributed by atoms with Crippen molar-refractivity contribution in [3.05, 3.63) is 11.3 Å². The summed E-state index contributed by atoms with van der Waals surface area (Å²) in [5.41, 5.74) is 5.97. The Bertz CT molecular complexity index is 499. The molecule has 1 fully saturated rings. The molecule has 7 heteroatoms. The van der Waals surface area contributed by atoms with Crippen LogP contribution in [0.1, 0.15) is 48.7 Å². The number of rotatable bonds is 3. The summed E-state index contributed by atoms with van der Waals surface area (Å²) < 4.78 is 9.93. The van der Waals surface area contributed by atoms with Gasteiger partial charge in [-0.15, -0.1) is 0 Å². The highest BCUT2D eigenvalue weighted by atomic mass is 16.5. The maximum Gasteiger partial charge on any atom is 0.346 e. The lowest BCUT2D eigenvalue weighted by atomic mass is 10.2. The highest BCUT2D eigenvalue weighted by molar-refractivity contribution is 5.96. The van der Waals surface area contributed by atoms with E-state index in [0.717, 1.165) is 38.8 Å². The van der Waals surface area contributed by atoms with Gasteiger partial charge in [-0.3, -0.25) is 4.79 Å². The van der Waals surface area contributed by atoms with Crippen LogP contribution in [0.15, 0.2) is 4.52 Å². The van der Waals surface area contributed by atoms with Crippen LogP contribution in [0.2, 0.25) is 0 Å². The zero-order valence-electron chi connectivity index (χ0n) is 12.4. The van der Waals surface area contributed by atoms with E-state index >= 15 is 0 Å². The standard InChI is InChI=1S/C14H21N3O4/c1-9-11(12(15)21-16-9)14(19)20-10(2)13(18)17-7-5-3-4-6-8-17/h10H,3-8,15H2,1-2H3. The van der Waals surface area contributed by atoms with Crippen molar-refractivity contribution in [3.63, 3.8) is 0 Å². The molecule has 7 nitrogen and oxygen atoms in total. The molecule has 1 aliphatic heterocycles. The summed E-state index contributed by atoms with van der Waals surface area (Å²) in [7, 11) is 0. The number of likely N-dealkylation sites (tertiary alicyclic amines) is 1. The van der Waals surface area contributed by atoms with Gasteiger partial charge in [-0.05, 0) is 26.7 Å². The molecular formula is C14H21N3O4. The first-order valence-electron chi connectivity index (χ1n) is 7.22. The summed E-state index contributed by atoms with van der Waals surface area (Å²) in [5, 5.41) is 3.60. The lowest BCUT2D eigenvalue weighted by Crippen LogP contribution is -2.40. The van der Waals surface area contributed by atoms with Crippen molar-refractivity contribution in [2.45, 2.75) is 45.6 Å². The van der Waals surface area contributed by atoms with E-state index in [9.17, 15) is 9.59 Å². The van der Waals surface area contributed by atoms with E-state index in [4.69, 9.17) is 15.0 Å². The molecule has 0 radical (unpaired) electrons. The van der Waals surface area contributed by atoms with E-state index < -0.39 is 12.1 Å². The van der Waals surface area contributed by atoms with Crippen LogP contribution in [0.25, 0.3) is 0 Å². The fraction of sp³-hybridized carbons (Fsp3) is 0.643. The lowest BCUT2D eigenvalue weighted by Gasteiger charge is -2.23. The Balaban J connectivity index is 1.98. The predicted octanol–water partition coefficient (Wildman–Crippen LogP) is 1.51. The molecule has 0 aliphatic carbocycles. The summed E-state index contributed by atoms with van der Waals surface area (Å²) in [6.45, 7) is 4.60. The van der Waals surface area contributed by atoms with Crippen molar-refractivity contribution >= 4 is 17.8 Å². The molecule has 1 saturated heterocycles. The molecule has 2 rings (SSSR count). The molecule has 0 spiro atoms. The molecule has 1 aromatic rings. The summed E-state index contributed by atoms with van der Waals surface area (Å²) in [6, 6.07) is 0. The quantitative estimate of drug-likeness (QED) is 0.849. The van der Waals surface area contributed by atoms with Crippen LogP contribution in [0.5, 0.6) is 0 Å². The number of aromatic nitrogens is 1. The molecule has 1 unspecified atom stereocenters. The number of carbonyl (C=O) groups excluding carboxylic acids is 2. The second-order valence-electron chi connectivity index (χ2n) is 5.29. The Hall–Kier alpha value is -2.05. The third-order valence-corrected chi connectivity index (χ3v) is 3.64. The van der Waals surface area contributed by atoms with E-state index in [1.807, 2.05) is 0 Å². The molecule has 2 heterocycles. The monoisotopic (exact) mass is 295 g/mol. The van der Waals surface area contributed by atoms with Gasteiger partial charge in [0.05, 0.1) is 5.69 Å². The van der Waals surface area contributed by atoms with E-state index in [1.165, 1.54) is 0 Å². The number of nitrogens with zero attached hydrogens (tertiary/aromatic N) is 2. The van der Waals surface area contributed by atoms with Crippen molar-refractivity contribution in [2.75, 3.05) is 18.8 Å². The topological polar surface area (TPSA) is 98.7 Å². The number of nitrogen functional groups attached to an aromatic ring is 1. The average Bonchev–Trinajstić information content (AvgIpc) is 2.68. The SMILES string of the molecule is Cc1noc(N)c1C(=O)OC(C)C(=O)N1CCCCCC1. The van der Waals surface area contributed by atoms with Crippen LogP contribution in [0, 0.1) is 6.92 Å². The normalized spacial score (nSPS) is 17.1. The lowest BCUT2D eigenvalue weighted by molar-refractivity contribution is -0.139. The third-order valence-electron chi connectivity index (χ3n) is 3.64. The fourth-order valence-electron chi connectivity index (χ4n) is 2.45. The summed E-state index contributed by atoms with van der Waals surface area (Å²) in [5.74, 6) is -0.938. The first-order valence-corrected chi connectivity index (χ1v) is 7.22. The van der Waals surface area contributed by atoms with Crippen LogP contribution in [-0.2, 0) is 9.53 Å². The third kappa shape index (κ3) is 3.53. The van der Waals surface area contributed by atoms with E-state index in [2.05, 4.69) is 5.16 Å². The molecule has 0 saturated carbocycles. The molecule has 1 aromatic heterocycles. The second-order valence-corrected chi connectivity index (χ2v) is 5.29. The predicted molar refractivity (Wildman–Crippen MR) is 75.6 cm³/mol. The number of nitrogens with two attached hydrogens (primary N) is 1. The number of carbonyl (C=O) groups is 2. The van der Waals surface area contributed by atoms with Gasteiger partial charge in [0, 0.05) is 13.1 Å². The van der Waals surface area contributed by atoms with Gasteiger partial charge in [-0.1, -0.05) is 18.0 Å². The van der Waals surface area contributed by atoms with E-state index in [0.29, 0.717) is 5.69 Å². The Labute approximate surface area is 123 Å². The molecule has 0 aromatic carbocycles. The van der Waals surface area contributed by atoms with Gasteiger partial charge in [0.15, 0.2) is 6.10 Å². The molecule has 1 atom stereocenters. The number of hydrogen-bond donors (Lipinski definition) is 1. The van der Waals surface area contributed by atoms with Gasteiger partial charge in [0.25, 0.3) is 5.91 Å². The van der Waals surface area contributed by atoms with Crippen LogP contribution in [0.4, 0.5) is 5.88 Å². The van der Waals surface area contributed by atoms with E-state index in [-0.39, 0.29) is 17.4 Å². The van der Waals surface area contributed by atoms with Gasteiger partial charge in [0.2, 0.25) is 5.88 Å². The van der Waals surface area contributed by atoms with Crippen molar-refractivity contribution in [1.82, 2.24) is 10.1 Å². The van der Waals surface area contributed by atoms with Crippen LogP contribution < -0.4 is 5.73 Å². The second kappa shape index (κ2) is 6.60. The van der Waals surface area contributed by atoms with Crippen LogP contribution in [0.3, 0.4) is 0 Å². The Morgan fingerprint density at radius 3 is 2.43 bits per heavy atom. The number of anilines is 1. The van der Waals surface area contributed by atoms with Gasteiger partial charge in [0.1, 0.15) is 5.56 Å². The Morgan fingerprint density at radius 2 is 1.90 bits per heavy atom. The van der Waals surface area contributed by atoms with Gasteiger partial charge in [-0.2, -0.15) is 0 Å². The number of hydrogen-bond acceptors (Lipinski definition) is 6. The first-order chi connectivity index (χ1) is 10.0. The molecule has 1 aliphatic rings. The first kappa shape index (κ1) is 15.3. The van der Waals surface area contributed by atoms with Crippen molar-refractivity contribution < 1.29 is 18.8 Å².